The Morgan fingerprint density at radius 3 is 2.45 bits per heavy atom. The largest absolute Gasteiger partial charge is 0.416 e. The molecule has 0 saturated heterocycles. The van der Waals surface area contributed by atoms with Crippen LogP contribution in [0.25, 0.3) is 11.0 Å². The third kappa shape index (κ3) is 5.56. The van der Waals surface area contributed by atoms with Crippen molar-refractivity contribution >= 4 is 28.5 Å². The molecule has 2 aromatic heterocycles. The summed E-state index contributed by atoms with van der Waals surface area (Å²) in [6, 6.07) is 13.6. The highest BCUT2D eigenvalue weighted by Gasteiger charge is 2.38. The smallest absolute Gasteiger partial charge is 0.352 e. The number of rotatable bonds is 8. The van der Waals surface area contributed by atoms with Crippen molar-refractivity contribution in [3.8, 4) is 0 Å². The number of carbonyl (C=O) groups is 2. The molecule has 0 aliphatic carbocycles. The van der Waals surface area contributed by atoms with Crippen molar-refractivity contribution in [2.24, 2.45) is 7.05 Å². The van der Waals surface area contributed by atoms with Crippen LogP contribution in [0.4, 0.5) is 18.9 Å². The molecule has 0 spiro atoms. The summed E-state index contributed by atoms with van der Waals surface area (Å²) in [5.74, 6) is -1.15. The van der Waals surface area contributed by atoms with E-state index in [0.29, 0.717) is 23.1 Å². The van der Waals surface area contributed by atoms with E-state index in [1.165, 1.54) is 16.8 Å². The molecule has 8 nitrogen and oxygen atoms in total. The van der Waals surface area contributed by atoms with Crippen LogP contribution in [0.2, 0.25) is 0 Å². The van der Waals surface area contributed by atoms with Gasteiger partial charge >= 0.3 is 6.18 Å². The molecule has 0 saturated carbocycles. The van der Waals surface area contributed by atoms with Crippen molar-refractivity contribution in [2.75, 3.05) is 4.90 Å². The number of aryl methyl sites for hydroxylation is 1. The van der Waals surface area contributed by atoms with Gasteiger partial charge in [0.1, 0.15) is 12.1 Å². The first-order valence-electron chi connectivity index (χ1n) is 12.1. The molecule has 11 heteroatoms. The van der Waals surface area contributed by atoms with Crippen molar-refractivity contribution < 1.29 is 22.8 Å². The molecule has 38 heavy (non-hydrogen) atoms. The van der Waals surface area contributed by atoms with Crippen molar-refractivity contribution in [3.63, 3.8) is 0 Å². The van der Waals surface area contributed by atoms with Crippen molar-refractivity contribution in [1.29, 1.82) is 0 Å². The maximum absolute atomic E-state index is 14.0. The SMILES string of the molecule is CCC(C)(C)NC(=O)C(c1cccn1C)N(C(=O)Cn1nnc2ccccc21)c1cccc(C(F)(F)F)c1. The van der Waals surface area contributed by atoms with Crippen LogP contribution in [0.1, 0.15) is 44.5 Å². The zero-order valence-electron chi connectivity index (χ0n) is 21.5. The standard InChI is InChI=1S/C27H29F3N6O2/c1-5-26(2,3)31-25(38)24(22-14-9-15-34(22)4)36(19-11-8-10-18(16-19)27(28,29)30)23(37)17-35-21-13-7-6-12-20(21)32-33-35/h6-16,24H,5,17H2,1-4H3,(H,31,38). The summed E-state index contributed by atoms with van der Waals surface area (Å²) >= 11 is 0. The van der Waals surface area contributed by atoms with Crippen molar-refractivity contribution in [2.45, 2.75) is 51.5 Å². The molecular formula is C27H29F3N6O2. The van der Waals surface area contributed by atoms with Gasteiger partial charge in [-0.1, -0.05) is 30.3 Å². The number of nitrogens with zero attached hydrogens (tertiary/aromatic N) is 5. The summed E-state index contributed by atoms with van der Waals surface area (Å²) in [5, 5.41) is 11.1. The second kappa shape index (κ2) is 10.3. The number of para-hydroxylation sites is 1. The normalized spacial score (nSPS) is 12.9. The molecule has 200 valence electrons. The first kappa shape index (κ1) is 26.9. The van der Waals surface area contributed by atoms with Gasteiger partial charge in [0.2, 0.25) is 11.8 Å². The Bertz CT molecular complexity index is 1460. The van der Waals surface area contributed by atoms with Crippen LogP contribution in [0.15, 0.2) is 66.9 Å². The van der Waals surface area contributed by atoms with E-state index in [1.54, 1.807) is 54.2 Å². The van der Waals surface area contributed by atoms with Crippen LogP contribution in [0.3, 0.4) is 0 Å². The van der Waals surface area contributed by atoms with Crippen LogP contribution >= 0.6 is 0 Å². The Hall–Kier alpha value is -4.15. The minimum atomic E-state index is -4.64. The molecule has 2 amide bonds. The molecule has 1 atom stereocenters. The molecule has 2 heterocycles. The lowest BCUT2D eigenvalue weighted by atomic mass is 10.00. The maximum Gasteiger partial charge on any atom is 0.416 e. The lowest BCUT2D eigenvalue weighted by Crippen LogP contribution is -2.51. The topological polar surface area (TPSA) is 85.0 Å². The molecule has 0 radical (unpaired) electrons. The first-order chi connectivity index (χ1) is 17.9. The van der Waals surface area contributed by atoms with E-state index < -0.39 is 35.1 Å². The lowest BCUT2D eigenvalue weighted by Gasteiger charge is -2.35. The quantitative estimate of drug-likeness (QED) is 0.355. The van der Waals surface area contributed by atoms with Gasteiger partial charge in [0.15, 0.2) is 6.04 Å². The summed E-state index contributed by atoms with van der Waals surface area (Å²) in [6.45, 7) is 5.24. The molecule has 2 aromatic carbocycles. The zero-order valence-corrected chi connectivity index (χ0v) is 21.5. The van der Waals surface area contributed by atoms with Gasteiger partial charge < -0.3 is 9.88 Å². The fraction of sp³-hybridized carbons (Fsp3) is 0.333. The van der Waals surface area contributed by atoms with Crippen LogP contribution < -0.4 is 10.2 Å². The number of amides is 2. The first-order valence-corrected chi connectivity index (χ1v) is 12.1. The second-order valence-electron chi connectivity index (χ2n) is 9.72. The lowest BCUT2D eigenvalue weighted by molar-refractivity contribution is -0.137. The van der Waals surface area contributed by atoms with Gasteiger partial charge in [0.25, 0.3) is 0 Å². The molecule has 4 rings (SSSR count). The highest BCUT2D eigenvalue weighted by atomic mass is 19.4. The monoisotopic (exact) mass is 526 g/mol. The molecule has 1 N–H and O–H groups in total. The average molecular weight is 527 g/mol. The molecular weight excluding hydrogens is 497 g/mol. The van der Waals surface area contributed by atoms with E-state index >= 15 is 0 Å². The molecule has 0 bridgehead atoms. The third-order valence-electron chi connectivity index (χ3n) is 6.54. The summed E-state index contributed by atoms with van der Waals surface area (Å²) in [6.07, 6.45) is -2.33. The van der Waals surface area contributed by atoms with Gasteiger partial charge in [-0.3, -0.25) is 14.5 Å². The van der Waals surface area contributed by atoms with Gasteiger partial charge in [-0.2, -0.15) is 13.2 Å². The Morgan fingerprint density at radius 1 is 1.05 bits per heavy atom. The average Bonchev–Trinajstić information content (AvgIpc) is 3.47. The van der Waals surface area contributed by atoms with Gasteiger partial charge in [-0.05, 0) is 62.7 Å². The molecule has 4 aromatic rings. The van der Waals surface area contributed by atoms with Gasteiger partial charge in [0.05, 0.1) is 16.8 Å². The van der Waals surface area contributed by atoms with Gasteiger partial charge in [-0.25, -0.2) is 4.68 Å². The summed E-state index contributed by atoms with van der Waals surface area (Å²) in [7, 11) is 1.71. The van der Waals surface area contributed by atoms with E-state index in [2.05, 4.69) is 15.6 Å². The highest BCUT2D eigenvalue weighted by molar-refractivity contribution is 6.01. The summed E-state index contributed by atoms with van der Waals surface area (Å²) in [5.41, 5.74) is -0.0397. The Balaban J connectivity index is 1.86. The van der Waals surface area contributed by atoms with Crippen LogP contribution in [-0.4, -0.2) is 36.9 Å². The maximum atomic E-state index is 14.0. The summed E-state index contributed by atoms with van der Waals surface area (Å²) in [4.78, 5) is 28.9. The predicted molar refractivity (Wildman–Crippen MR) is 137 cm³/mol. The molecule has 1 unspecified atom stereocenters. The highest BCUT2D eigenvalue weighted by Crippen LogP contribution is 2.35. The number of halogens is 3. The van der Waals surface area contributed by atoms with Crippen LogP contribution in [0.5, 0.6) is 0 Å². The second-order valence-corrected chi connectivity index (χ2v) is 9.72. The number of alkyl halides is 3. The molecule has 0 aliphatic rings. The van der Waals surface area contributed by atoms with E-state index in [-0.39, 0.29) is 12.2 Å². The van der Waals surface area contributed by atoms with E-state index in [0.717, 1.165) is 17.0 Å². The number of anilines is 1. The van der Waals surface area contributed by atoms with E-state index in [4.69, 9.17) is 0 Å². The zero-order chi connectivity index (χ0) is 27.7. The van der Waals surface area contributed by atoms with Crippen molar-refractivity contribution in [1.82, 2.24) is 24.9 Å². The van der Waals surface area contributed by atoms with E-state index in [1.807, 2.05) is 20.8 Å². The molecule has 0 fully saturated rings. The minimum Gasteiger partial charge on any atom is -0.352 e. The van der Waals surface area contributed by atoms with Gasteiger partial charge in [0, 0.05) is 24.5 Å². The van der Waals surface area contributed by atoms with Gasteiger partial charge in [-0.15, -0.1) is 5.10 Å². The number of hydrogen-bond donors (Lipinski definition) is 1. The Kier molecular flexibility index (Phi) is 7.30. The Morgan fingerprint density at radius 2 is 1.79 bits per heavy atom. The number of fused-ring (bicyclic) bond motifs is 1. The number of hydrogen-bond acceptors (Lipinski definition) is 4. The Labute approximate surface area is 218 Å². The van der Waals surface area contributed by atoms with E-state index in [9.17, 15) is 22.8 Å². The minimum absolute atomic E-state index is 0.0649. The van der Waals surface area contributed by atoms with Crippen LogP contribution in [-0.2, 0) is 29.4 Å². The fourth-order valence-corrected chi connectivity index (χ4v) is 4.14. The number of carbonyl (C=O) groups excluding carboxylic acids is 2. The summed E-state index contributed by atoms with van der Waals surface area (Å²) < 4.78 is 44.0. The fourth-order valence-electron chi connectivity index (χ4n) is 4.14. The predicted octanol–water partition coefficient (Wildman–Crippen LogP) is 4.87. The number of aromatic nitrogens is 4. The molecule has 0 aliphatic heterocycles. The number of nitrogens with one attached hydrogen (secondary N) is 1. The third-order valence-corrected chi connectivity index (χ3v) is 6.54. The van der Waals surface area contributed by atoms with Crippen LogP contribution in [0, 0.1) is 0 Å². The van der Waals surface area contributed by atoms with Crippen molar-refractivity contribution in [3.05, 3.63) is 78.1 Å². The number of benzene rings is 2.